The lowest BCUT2D eigenvalue weighted by Crippen LogP contribution is -2.01. The maximum atomic E-state index is 2.36. The Labute approximate surface area is 270 Å². The highest BCUT2D eigenvalue weighted by Crippen LogP contribution is 2.25. The minimum Gasteiger partial charge on any atom is -0.0654 e. The number of hydrogen-bond donors (Lipinski definition) is 0. The Morgan fingerprint density at radius 1 is 0.190 bits per heavy atom. The molecule has 0 spiro atoms. The van der Waals surface area contributed by atoms with Crippen LogP contribution >= 0.6 is 0 Å². The molecule has 0 nitrogen and oxygen atoms in total. The van der Waals surface area contributed by atoms with Crippen LogP contribution in [0, 0.1) is 5.92 Å². The highest BCUT2D eigenvalue weighted by molar-refractivity contribution is 4.62. The predicted molar refractivity (Wildman–Crippen MR) is 196 cm³/mol. The van der Waals surface area contributed by atoms with E-state index < -0.39 is 0 Å². The van der Waals surface area contributed by atoms with Gasteiger partial charge in [-0.15, -0.1) is 0 Å². The van der Waals surface area contributed by atoms with Crippen molar-refractivity contribution in [3.63, 3.8) is 0 Å². The van der Waals surface area contributed by atoms with Gasteiger partial charge in [-0.1, -0.05) is 265 Å². The van der Waals surface area contributed by atoms with Crippen molar-refractivity contribution in [3.05, 3.63) is 0 Å². The van der Waals surface area contributed by atoms with E-state index in [4.69, 9.17) is 0 Å². The summed E-state index contributed by atoms with van der Waals surface area (Å²) >= 11 is 0. The Morgan fingerprint density at radius 3 is 0.548 bits per heavy atom. The molecule has 1 atom stereocenters. The molecule has 0 radical (unpaired) electrons. The molecular weight excluding hydrogens is 504 g/mol. The van der Waals surface area contributed by atoms with Gasteiger partial charge in [0.2, 0.25) is 0 Å². The molecule has 0 aliphatic heterocycles. The monoisotopic (exact) mass is 591 g/mol. The van der Waals surface area contributed by atoms with Gasteiger partial charge >= 0.3 is 0 Å². The van der Waals surface area contributed by atoms with Gasteiger partial charge in [-0.2, -0.15) is 0 Å². The van der Waals surface area contributed by atoms with Gasteiger partial charge in [0.25, 0.3) is 0 Å². The van der Waals surface area contributed by atoms with E-state index in [0.29, 0.717) is 0 Å². The van der Waals surface area contributed by atoms with E-state index in [1.165, 1.54) is 244 Å². The lowest BCUT2D eigenvalue weighted by Gasteiger charge is -2.17. The van der Waals surface area contributed by atoms with E-state index >= 15 is 0 Å². The Bertz CT molecular complexity index is 439. The SMILES string of the molecule is CCCCCCCCCCCCCCCCCCCCC(CCCCC)CCCCCCCCCCCCCCCC. The van der Waals surface area contributed by atoms with Crippen LogP contribution in [0.25, 0.3) is 0 Å². The summed E-state index contributed by atoms with van der Waals surface area (Å²) in [5.74, 6) is 1.04. The van der Waals surface area contributed by atoms with Crippen molar-refractivity contribution in [2.45, 2.75) is 265 Å². The molecule has 0 aromatic heterocycles. The maximum Gasteiger partial charge on any atom is -0.0414 e. The molecule has 0 aliphatic rings. The first kappa shape index (κ1) is 42.0. The Hall–Kier alpha value is 0. The highest BCUT2D eigenvalue weighted by Gasteiger charge is 2.08. The van der Waals surface area contributed by atoms with Crippen molar-refractivity contribution >= 4 is 0 Å². The fraction of sp³-hybridized carbons (Fsp3) is 1.00. The third kappa shape index (κ3) is 36.2. The van der Waals surface area contributed by atoms with Crippen LogP contribution in [0.15, 0.2) is 0 Å². The molecule has 0 heterocycles. The van der Waals surface area contributed by atoms with Gasteiger partial charge in [-0.25, -0.2) is 0 Å². The zero-order valence-electron chi connectivity index (χ0n) is 30.4. The molecule has 0 bridgehead atoms. The summed E-state index contributed by atoms with van der Waals surface area (Å²) in [4.78, 5) is 0. The van der Waals surface area contributed by atoms with Crippen molar-refractivity contribution in [3.8, 4) is 0 Å². The third-order valence-electron chi connectivity index (χ3n) is 10.1. The minimum atomic E-state index is 1.04. The summed E-state index contributed by atoms with van der Waals surface area (Å²) in [6, 6.07) is 0. The minimum absolute atomic E-state index is 1.04. The van der Waals surface area contributed by atoms with Crippen LogP contribution in [0.1, 0.15) is 265 Å². The number of rotatable bonds is 38. The largest absolute Gasteiger partial charge is 0.0654 e. The summed E-state index contributed by atoms with van der Waals surface area (Å²) < 4.78 is 0. The first-order valence-corrected chi connectivity index (χ1v) is 20.8. The van der Waals surface area contributed by atoms with Gasteiger partial charge in [0.1, 0.15) is 0 Å². The summed E-state index contributed by atoms with van der Waals surface area (Å²) in [6.07, 6.45) is 56.3. The smallest absolute Gasteiger partial charge is 0.0414 e. The van der Waals surface area contributed by atoms with Gasteiger partial charge in [-0.3, -0.25) is 0 Å². The van der Waals surface area contributed by atoms with Gasteiger partial charge in [-0.05, 0) is 5.92 Å². The normalized spacial score (nSPS) is 12.4. The second-order valence-electron chi connectivity index (χ2n) is 14.5. The van der Waals surface area contributed by atoms with Crippen molar-refractivity contribution < 1.29 is 0 Å². The van der Waals surface area contributed by atoms with E-state index in [0.717, 1.165) is 5.92 Å². The van der Waals surface area contributed by atoms with Gasteiger partial charge in [0, 0.05) is 0 Å². The van der Waals surface area contributed by atoms with Crippen LogP contribution in [0.2, 0.25) is 0 Å². The molecule has 0 saturated heterocycles. The maximum absolute atomic E-state index is 2.36. The standard InChI is InChI=1S/C42H86/c1-4-7-10-12-14-16-18-20-22-23-24-25-27-29-31-33-35-38-41-42(39-36-9-6-3)40-37-34-32-30-28-26-21-19-17-15-13-11-8-5-2/h42H,4-41H2,1-3H3. The lowest BCUT2D eigenvalue weighted by molar-refractivity contribution is 0.367. The Balaban J connectivity index is 3.51. The van der Waals surface area contributed by atoms with Crippen molar-refractivity contribution in [1.82, 2.24) is 0 Å². The lowest BCUT2D eigenvalue weighted by atomic mass is 9.89. The molecule has 0 heteroatoms. The first-order valence-electron chi connectivity index (χ1n) is 20.8. The fourth-order valence-electron chi connectivity index (χ4n) is 7.08. The molecule has 42 heavy (non-hydrogen) atoms. The van der Waals surface area contributed by atoms with E-state index in [9.17, 15) is 0 Å². The van der Waals surface area contributed by atoms with Crippen LogP contribution < -0.4 is 0 Å². The molecule has 0 N–H and O–H groups in total. The summed E-state index contributed by atoms with van der Waals surface area (Å²) in [5.41, 5.74) is 0. The summed E-state index contributed by atoms with van der Waals surface area (Å²) in [5, 5.41) is 0. The second kappa shape index (κ2) is 39.0. The van der Waals surface area contributed by atoms with Gasteiger partial charge in [0.05, 0.1) is 0 Å². The fourth-order valence-corrected chi connectivity index (χ4v) is 7.08. The van der Waals surface area contributed by atoms with E-state index in [1.54, 1.807) is 0 Å². The van der Waals surface area contributed by atoms with E-state index in [-0.39, 0.29) is 0 Å². The molecule has 0 aliphatic carbocycles. The molecule has 1 unspecified atom stereocenters. The second-order valence-corrected chi connectivity index (χ2v) is 14.5. The summed E-state index contributed by atoms with van der Waals surface area (Å²) in [7, 11) is 0. The Kier molecular flexibility index (Phi) is 39.0. The molecule has 254 valence electrons. The van der Waals surface area contributed by atoms with Gasteiger partial charge in [0.15, 0.2) is 0 Å². The van der Waals surface area contributed by atoms with Crippen LogP contribution in [0.5, 0.6) is 0 Å². The van der Waals surface area contributed by atoms with Crippen LogP contribution in [0.4, 0.5) is 0 Å². The molecule has 0 saturated carbocycles. The predicted octanol–water partition coefficient (Wildman–Crippen LogP) is 16.5. The number of hydrogen-bond acceptors (Lipinski definition) is 0. The average molecular weight is 591 g/mol. The molecule has 0 amide bonds. The quantitative estimate of drug-likeness (QED) is 0.0627. The van der Waals surface area contributed by atoms with Crippen molar-refractivity contribution in [2.24, 2.45) is 5.92 Å². The van der Waals surface area contributed by atoms with E-state index in [1.807, 2.05) is 0 Å². The molecule has 0 aromatic carbocycles. The first-order chi connectivity index (χ1) is 20.8. The van der Waals surface area contributed by atoms with E-state index in [2.05, 4.69) is 20.8 Å². The molecule has 0 fully saturated rings. The summed E-state index contributed by atoms with van der Waals surface area (Å²) in [6.45, 7) is 6.99. The van der Waals surface area contributed by atoms with Crippen molar-refractivity contribution in [1.29, 1.82) is 0 Å². The third-order valence-corrected chi connectivity index (χ3v) is 10.1. The topological polar surface area (TPSA) is 0 Å². The van der Waals surface area contributed by atoms with Crippen LogP contribution in [0.3, 0.4) is 0 Å². The molecule has 0 rings (SSSR count). The van der Waals surface area contributed by atoms with Crippen molar-refractivity contribution in [2.75, 3.05) is 0 Å². The molecule has 0 aromatic rings. The zero-order chi connectivity index (χ0) is 30.4. The average Bonchev–Trinajstić information content (AvgIpc) is 3.00. The van der Waals surface area contributed by atoms with Gasteiger partial charge < -0.3 is 0 Å². The molecular formula is C42H86. The van der Waals surface area contributed by atoms with Crippen LogP contribution in [-0.2, 0) is 0 Å². The highest BCUT2D eigenvalue weighted by atomic mass is 14.1. The number of unbranched alkanes of at least 4 members (excludes halogenated alkanes) is 32. The van der Waals surface area contributed by atoms with Crippen LogP contribution in [-0.4, -0.2) is 0 Å². The zero-order valence-corrected chi connectivity index (χ0v) is 30.4. The Morgan fingerprint density at radius 2 is 0.333 bits per heavy atom.